The largest absolute Gasteiger partial charge is 0.377 e. The van der Waals surface area contributed by atoms with Gasteiger partial charge in [-0.15, -0.1) is 0 Å². The minimum Gasteiger partial charge on any atom is -0.377 e. The van der Waals surface area contributed by atoms with Crippen molar-refractivity contribution in [2.75, 3.05) is 24.8 Å². The first-order valence-electron chi connectivity index (χ1n) is 8.87. The number of aryl methyl sites for hydroxylation is 2. The van der Waals surface area contributed by atoms with Crippen LogP contribution in [0.1, 0.15) is 37.3 Å². The summed E-state index contributed by atoms with van der Waals surface area (Å²) in [4.78, 5) is 27.2. The van der Waals surface area contributed by atoms with Crippen LogP contribution < -0.4 is 5.01 Å². The SMILES string of the molecule is CC[C@@H]1COCCN1C(=O)C1=NN(c2cc(C)ccc2C)C(=O)CC1. The van der Waals surface area contributed by atoms with Gasteiger partial charge >= 0.3 is 0 Å². The molecule has 0 spiro atoms. The van der Waals surface area contributed by atoms with Gasteiger partial charge in [0.2, 0.25) is 5.91 Å². The Balaban J connectivity index is 1.90. The number of benzene rings is 1. The number of hydrogen-bond donors (Lipinski definition) is 0. The number of morpholine rings is 1. The van der Waals surface area contributed by atoms with E-state index in [4.69, 9.17) is 4.74 Å². The van der Waals surface area contributed by atoms with Crippen LogP contribution in [0.4, 0.5) is 5.69 Å². The van der Waals surface area contributed by atoms with Crippen molar-refractivity contribution in [3.8, 4) is 0 Å². The Bertz CT molecular complexity index is 714. The molecule has 3 rings (SSSR count). The van der Waals surface area contributed by atoms with Gasteiger partial charge in [-0.05, 0) is 37.5 Å². The van der Waals surface area contributed by atoms with E-state index in [0.29, 0.717) is 38.3 Å². The molecule has 0 aromatic heterocycles. The Morgan fingerprint density at radius 3 is 2.88 bits per heavy atom. The highest BCUT2D eigenvalue weighted by Gasteiger charge is 2.32. The third-order valence-electron chi connectivity index (χ3n) is 4.83. The van der Waals surface area contributed by atoms with Crippen molar-refractivity contribution < 1.29 is 14.3 Å². The highest BCUT2D eigenvalue weighted by Crippen LogP contribution is 2.26. The summed E-state index contributed by atoms with van der Waals surface area (Å²) in [6.45, 7) is 7.67. The Kier molecular flexibility index (Phi) is 5.18. The normalized spacial score (nSPS) is 21.3. The monoisotopic (exact) mass is 343 g/mol. The molecule has 0 N–H and O–H groups in total. The van der Waals surface area contributed by atoms with Gasteiger partial charge in [-0.1, -0.05) is 19.1 Å². The van der Waals surface area contributed by atoms with Gasteiger partial charge in [-0.25, -0.2) is 5.01 Å². The summed E-state index contributed by atoms with van der Waals surface area (Å²) in [7, 11) is 0. The number of anilines is 1. The second kappa shape index (κ2) is 7.35. The fourth-order valence-corrected chi connectivity index (χ4v) is 3.27. The number of carbonyl (C=O) groups excluding carboxylic acids is 2. The molecule has 1 aromatic carbocycles. The predicted octanol–water partition coefficient (Wildman–Crippen LogP) is 2.42. The van der Waals surface area contributed by atoms with Crippen molar-refractivity contribution in [3.05, 3.63) is 29.3 Å². The summed E-state index contributed by atoms with van der Waals surface area (Å²) in [6.07, 6.45) is 1.55. The molecule has 134 valence electrons. The number of hydrazone groups is 1. The summed E-state index contributed by atoms with van der Waals surface area (Å²) in [6, 6.07) is 5.99. The van der Waals surface area contributed by atoms with E-state index in [2.05, 4.69) is 5.10 Å². The van der Waals surface area contributed by atoms with Crippen LogP contribution in [-0.2, 0) is 14.3 Å². The molecule has 2 amide bonds. The van der Waals surface area contributed by atoms with Crippen LogP contribution in [-0.4, -0.2) is 48.2 Å². The lowest BCUT2D eigenvalue weighted by atomic mass is 10.1. The van der Waals surface area contributed by atoms with Gasteiger partial charge in [0.15, 0.2) is 0 Å². The maximum Gasteiger partial charge on any atom is 0.270 e. The van der Waals surface area contributed by atoms with Crippen molar-refractivity contribution >= 4 is 23.2 Å². The Labute approximate surface area is 148 Å². The van der Waals surface area contributed by atoms with Gasteiger partial charge in [0.05, 0.1) is 24.9 Å². The minimum absolute atomic E-state index is 0.0701. The van der Waals surface area contributed by atoms with E-state index in [1.165, 1.54) is 5.01 Å². The van der Waals surface area contributed by atoms with Crippen LogP contribution in [0.3, 0.4) is 0 Å². The van der Waals surface area contributed by atoms with E-state index in [1.54, 1.807) is 0 Å². The van der Waals surface area contributed by atoms with E-state index in [9.17, 15) is 9.59 Å². The molecule has 0 bridgehead atoms. The number of hydrogen-bond acceptors (Lipinski definition) is 4. The van der Waals surface area contributed by atoms with Crippen molar-refractivity contribution in [2.45, 2.75) is 46.1 Å². The number of amides is 2. The predicted molar refractivity (Wildman–Crippen MR) is 96.7 cm³/mol. The molecule has 2 aliphatic heterocycles. The Morgan fingerprint density at radius 2 is 2.12 bits per heavy atom. The molecule has 1 atom stereocenters. The molecular formula is C19H25N3O3. The van der Waals surface area contributed by atoms with Crippen LogP contribution in [0.15, 0.2) is 23.3 Å². The molecule has 0 aliphatic carbocycles. The Morgan fingerprint density at radius 1 is 1.32 bits per heavy atom. The molecule has 1 fully saturated rings. The average Bonchev–Trinajstić information content (AvgIpc) is 2.63. The fraction of sp³-hybridized carbons (Fsp3) is 0.526. The van der Waals surface area contributed by atoms with Crippen molar-refractivity contribution in [2.24, 2.45) is 5.10 Å². The van der Waals surface area contributed by atoms with Crippen molar-refractivity contribution in [1.82, 2.24) is 4.90 Å². The molecule has 1 aromatic rings. The van der Waals surface area contributed by atoms with Gasteiger partial charge in [0.25, 0.3) is 5.91 Å². The fourth-order valence-electron chi connectivity index (χ4n) is 3.27. The molecular weight excluding hydrogens is 318 g/mol. The van der Waals surface area contributed by atoms with Crippen LogP contribution in [0.2, 0.25) is 0 Å². The molecule has 0 radical (unpaired) electrons. The van der Waals surface area contributed by atoms with Gasteiger partial charge in [-0.2, -0.15) is 5.10 Å². The van der Waals surface area contributed by atoms with Gasteiger partial charge in [-0.3, -0.25) is 9.59 Å². The lowest BCUT2D eigenvalue weighted by molar-refractivity contribution is -0.132. The lowest BCUT2D eigenvalue weighted by Gasteiger charge is -2.36. The first-order valence-corrected chi connectivity index (χ1v) is 8.87. The van der Waals surface area contributed by atoms with E-state index < -0.39 is 0 Å². The van der Waals surface area contributed by atoms with Gasteiger partial charge in [0.1, 0.15) is 5.71 Å². The second-order valence-electron chi connectivity index (χ2n) is 6.68. The number of nitrogens with zero attached hydrogens (tertiary/aromatic N) is 3. The molecule has 1 saturated heterocycles. The smallest absolute Gasteiger partial charge is 0.270 e. The second-order valence-corrected chi connectivity index (χ2v) is 6.68. The molecule has 6 nitrogen and oxygen atoms in total. The summed E-state index contributed by atoms with van der Waals surface area (Å²) < 4.78 is 5.48. The number of ether oxygens (including phenoxy) is 1. The van der Waals surface area contributed by atoms with Crippen molar-refractivity contribution in [1.29, 1.82) is 0 Å². The van der Waals surface area contributed by atoms with Crippen LogP contribution >= 0.6 is 0 Å². The highest BCUT2D eigenvalue weighted by molar-refractivity contribution is 6.40. The summed E-state index contributed by atoms with van der Waals surface area (Å²) in [5, 5.41) is 5.85. The Hall–Kier alpha value is -2.21. The third kappa shape index (κ3) is 3.58. The first kappa shape index (κ1) is 17.6. The topological polar surface area (TPSA) is 62.2 Å². The summed E-state index contributed by atoms with van der Waals surface area (Å²) in [5.74, 6) is -0.141. The molecule has 6 heteroatoms. The molecule has 2 aliphatic rings. The van der Waals surface area contributed by atoms with Crippen LogP contribution in [0.5, 0.6) is 0 Å². The molecule has 0 unspecified atom stereocenters. The average molecular weight is 343 g/mol. The van der Waals surface area contributed by atoms with Gasteiger partial charge < -0.3 is 9.64 Å². The van der Waals surface area contributed by atoms with E-state index in [0.717, 1.165) is 23.2 Å². The number of carbonyl (C=O) groups is 2. The zero-order valence-corrected chi connectivity index (χ0v) is 15.1. The third-order valence-corrected chi connectivity index (χ3v) is 4.83. The van der Waals surface area contributed by atoms with E-state index >= 15 is 0 Å². The standard InChI is InChI=1S/C19H25N3O3/c1-4-15-12-25-10-9-21(15)19(24)16-7-8-18(23)22(20-16)17-11-13(2)5-6-14(17)3/h5-6,11,15H,4,7-10,12H2,1-3H3/t15-/m1/s1. The zero-order chi connectivity index (χ0) is 18.0. The van der Waals surface area contributed by atoms with E-state index in [-0.39, 0.29) is 17.9 Å². The zero-order valence-electron chi connectivity index (χ0n) is 15.1. The maximum absolute atomic E-state index is 13.0. The van der Waals surface area contributed by atoms with Crippen molar-refractivity contribution in [3.63, 3.8) is 0 Å². The molecule has 2 heterocycles. The quantitative estimate of drug-likeness (QED) is 0.847. The van der Waals surface area contributed by atoms with Crippen LogP contribution in [0.25, 0.3) is 0 Å². The number of rotatable bonds is 3. The van der Waals surface area contributed by atoms with E-state index in [1.807, 2.05) is 43.9 Å². The lowest BCUT2D eigenvalue weighted by Crippen LogP contribution is -2.52. The maximum atomic E-state index is 13.0. The minimum atomic E-state index is -0.0713. The summed E-state index contributed by atoms with van der Waals surface area (Å²) in [5.41, 5.74) is 3.24. The highest BCUT2D eigenvalue weighted by atomic mass is 16.5. The van der Waals surface area contributed by atoms with Gasteiger partial charge in [0, 0.05) is 19.4 Å². The van der Waals surface area contributed by atoms with Crippen LogP contribution in [0, 0.1) is 13.8 Å². The molecule has 25 heavy (non-hydrogen) atoms. The first-order chi connectivity index (χ1) is 12.0. The molecule has 0 saturated carbocycles. The summed E-state index contributed by atoms with van der Waals surface area (Å²) >= 11 is 0.